The average molecular weight is 296 g/mol. The van der Waals surface area contributed by atoms with Crippen LogP contribution in [0.15, 0.2) is 18.2 Å². The normalized spacial score (nSPS) is 17.7. The lowest BCUT2D eigenvalue weighted by molar-refractivity contribution is -0.385. The fourth-order valence-electron chi connectivity index (χ4n) is 2.40. The molecule has 21 heavy (non-hydrogen) atoms. The summed E-state index contributed by atoms with van der Waals surface area (Å²) >= 11 is 0. The van der Waals surface area contributed by atoms with Crippen LogP contribution in [0.25, 0.3) is 0 Å². The highest BCUT2D eigenvalue weighted by molar-refractivity contribution is 5.98. The fourth-order valence-corrected chi connectivity index (χ4v) is 2.40. The minimum atomic E-state index is -0.674. The van der Waals surface area contributed by atoms with Crippen molar-refractivity contribution in [3.63, 3.8) is 0 Å². The highest BCUT2D eigenvalue weighted by Crippen LogP contribution is 2.22. The number of nitrogens with zero attached hydrogens (tertiary/aromatic N) is 2. The molecule has 0 N–H and O–H groups in total. The number of amides is 1. The van der Waals surface area contributed by atoms with Gasteiger partial charge in [0, 0.05) is 25.8 Å². The molecule has 1 aromatic rings. The Morgan fingerprint density at radius 2 is 2.33 bits per heavy atom. The number of carbonyl (C=O) groups is 1. The molecule has 0 aromatic heterocycles. The summed E-state index contributed by atoms with van der Waals surface area (Å²) in [6, 6.07) is 2.91. The van der Waals surface area contributed by atoms with Crippen molar-refractivity contribution < 1.29 is 18.8 Å². The molecule has 6 nitrogen and oxygen atoms in total. The SMILES string of the molecule is CCN(CC1CCCO1)C(=O)c1cc(F)ccc1[N+](=O)[O-]. The Bertz CT molecular complexity index is 544. The van der Waals surface area contributed by atoms with Gasteiger partial charge in [-0.15, -0.1) is 0 Å². The van der Waals surface area contributed by atoms with E-state index in [0.717, 1.165) is 31.0 Å². The molecule has 1 amide bonds. The maximum Gasteiger partial charge on any atom is 0.282 e. The number of likely N-dealkylation sites (N-methyl/N-ethyl adjacent to an activating group) is 1. The summed E-state index contributed by atoms with van der Waals surface area (Å²) in [5.41, 5.74) is -0.605. The van der Waals surface area contributed by atoms with Crippen molar-refractivity contribution in [2.75, 3.05) is 19.7 Å². The van der Waals surface area contributed by atoms with Gasteiger partial charge in [0.25, 0.3) is 11.6 Å². The van der Waals surface area contributed by atoms with Crippen LogP contribution in [0.4, 0.5) is 10.1 Å². The number of halogens is 1. The minimum absolute atomic E-state index is 0.0542. The molecule has 1 aromatic carbocycles. The molecule has 0 saturated carbocycles. The van der Waals surface area contributed by atoms with Crippen molar-refractivity contribution in [1.29, 1.82) is 0 Å². The highest BCUT2D eigenvalue weighted by atomic mass is 19.1. The average Bonchev–Trinajstić information content (AvgIpc) is 2.96. The summed E-state index contributed by atoms with van der Waals surface area (Å²) in [7, 11) is 0. The van der Waals surface area contributed by atoms with Crippen LogP contribution in [0.1, 0.15) is 30.1 Å². The van der Waals surface area contributed by atoms with Crippen LogP contribution < -0.4 is 0 Å². The number of carbonyl (C=O) groups excluding carboxylic acids is 1. The van der Waals surface area contributed by atoms with Gasteiger partial charge in [0.1, 0.15) is 11.4 Å². The van der Waals surface area contributed by atoms with Crippen molar-refractivity contribution in [3.8, 4) is 0 Å². The predicted octanol–water partition coefficient (Wildman–Crippen LogP) is 2.38. The van der Waals surface area contributed by atoms with Gasteiger partial charge in [-0.1, -0.05) is 0 Å². The third-order valence-corrected chi connectivity index (χ3v) is 3.50. The van der Waals surface area contributed by atoms with E-state index in [1.165, 1.54) is 4.90 Å². The first-order chi connectivity index (χ1) is 10.0. The maximum absolute atomic E-state index is 13.3. The van der Waals surface area contributed by atoms with E-state index >= 15 is 0 Å². The molecule has 1 aliphatic heterocycles. The summed E-state index contributed by atoms with van der Waals surface area (Å²) in [4.78, 5) is 24.2. The van der Waals surface area contributed by atoms with E-state index in [-0.39, 0.29) is 17.4 Å². The molecular formula is C14H17FN2O4. The van der Waals surface area contributed by atoms with Gasteiger partial charge in [0.05, 0.1) is 11.0 Å². The van der Waals surface area contributed by atoms with Gasteiger partial charge in [-0.2, -0.15) is 0 Å². The van der Waals surface area contributed by atoms with Crippen LogP contribution >= 0.6 is 0 Å². The zero-order chi connectivity index (χ0) is 15.4. The molecule has 1 atom stereocenters. The number of ether oxygens (including phenoxy) is 1. The van der Waals surface area contributed by atoms with Gasteiger partial charge in [0.2, 0.25) is 0 Å². The van der Waals surface area contributed by atoms with Crippen LogP contribution in [0.5, 0.6) is 0 Å². The molecule has 0 radical (unpaired) electrons. The van der Waals surface area contributed by atoms with Gasteiger partial charge < -0.3 is 9.64 Å². The summed E-state index contributed by atoms with van der Waals surface area (Å²) in [5.74, 6) is -1.21. The second kappa shape index (κ2) is 6.62. The van der Waals surface area contributed by atoms with E-state index in [2.05, 4.69) is 0 Å². The zero-order valence-corrected chi connectivity index (χ0v) is 11.8. The number of nitro benzene ring substituents is 1. The van der Waals surface area contributed by atoms with Crippen LogP contribution in [-0.4, -0.2) is 41.5 Å². The third kappa shape index (κ3) is 3.55. The lowest BCUT2D eigenvalue weighted by atomic mass is 10.1. The Hall–Kier alpha value is -2.02. The standard InChI is InChI=1S/C14H17FN2O4/c1-2-16(9-11-4-3-7-21-11)14(18)12-8-10(15)5-6-13(12)17(19)20/h5-6,8,11H,2-4,7,9H2,1H3. The van der Waals surface area contributed by atoms with E-state index in [4.69, 9.17) is 4.74 Å². The van der Waals surface area contributed by atoms with Crippen molar-refractivity contribution >= 4 is 11.6 Å². The van der Waals surface area contributed by atoms with Gasteiger partial charge in [0.15, 0.2) is 0 Å². The summed E-state index contributed by atoms with van der Waals surface area (Å²) < 4.78 is 18.8. The molecule has 1 unspecified atom stereocenters. The van der Waals surface area contributed by atoms with Gasteiger partial charge in [-0.05, 0) is 31.9 Å². The number of hydrogen-bond donors (Lipinski definition) is 0. The van der Waals surface area contributed by atoms with Crippen LogP contribution in [0.3, 0.4) is 0 Å². The molecule has 1 fully saturated rings. The monoisotopic (exact) mass is 296 g/mol. The summed E-state index contributed by atoms with van der Waals surface area (Å²) in [6.45, 7) is 3.18. The van der Waals surface area contributed by atoms with E-state index in [9.17, 15) is 19.3 Å². The zero-order valence-electron chi connectivity index (χ0n) is 11.8. The van der Waals surface area contributed by atoms with Gasteiger partial charge >= 0.3 is 0 Å². The van der Waals surface area contributed by atoms with E-state index in [1.807, 2.05) is 0 Å². The van der Waals surface area contributed by atoms with E-state index in [0.29, 0.717) is 19.7 Å². The van der Waals surface area contributed by atoms with Gasteiger partial charge in [-0.3, -0.25) is 14.9 Å². The lowest BCUT2D eigenvalue weighted by Crippen LogP contribution is -2.37. The Labute approximate surface area is 121 Å². The molecule has 114 valence electrons. The lowest BCUT2D eigenvalue weighted by Gasteiger charge is -2.24. The Morgan fingerprint density at radius 3 is 2.90 bits per heavy atom. The largest absolute Gasteiger partial charge is 0.376 e. The minimum Gasteiger partial charge on any atom is -0.376 e. The highest BCUT2D eigenvalue weighted by Gasteiger charge is 2.27. The number of rotatable bonds is 5. The number of benzene rings is 1. The molecule has 1 aliphatic rings. The molecule has 7 heteroatoms. The Morgan fingerprint density at radius 1 is 1.57 bits per heavy atom. The van der Waals surface area contributed by atoms with Crippen LogP contribution in [-0.2, 0) is 4.74 Å². The molecule has 1 saturated heterocycles. The molecule has 2 rings (SSSR count). The number of hydrogen-bond acceptors (Lipinski definition) is 4. The maximum atomic E-state index is 13.3. The molecule has 0 bridgehead atoms. The topological polar surface area (TPSA) is 72.7 Å². The predicted molar refractivity (Wildman–Crippen MR) is 73.6 cm³/mol. The second-order valence-electron chi connectivity index (χ2n) is 4.90. The van der Waals surface area contributed by atoms with Crippen molar-refractivity contribution in [3.05, 3.63) is 39.7 Å². The second-order valence-corrected chi connectivity index (χ2v) is 4.90. The summed E-state index contributed by atoms with van der Waals surface area (Å²) in [6.07, 6.45) is 1.74. The summed E-state index contributed by atoms with van der Waals surface area (Å²) in [5, 5.41) is 11.0. The first-order valence-electron chi connectivity index (χ1n) is 6.87. The smallest absolute Gasteiger partial charge is 0.282 e. The molecule has 0 aliphatic carbocycles. The first-order valence-corrected chi connectivity index (χ1v) is 6.87. The van der Waals surface area contributed by atoms with Crippen molar-refractivity contribution in [1.82, 2.24) is 4.90 Å². The van der Waals surface area contributed by atoms with Crippen molar-refractivity contribution in [2.24, 2.45) is 0 Å². The van der Waals surface area contributed by atoms with Crippen LogP contribution in [0.2, 0.25) is 0 Å². The van der Waals surface area contributed by atoms with Crippen molar-refractivity contribution in [2.45, 2.75) is 25.9 Å². The Balaban J connectivity index is 2.23. The van der Waals surface area contributed by atoms with E-state index < -0.39 is 16.6 Å². The number of nitro groups is 1. The van der Waals surface area contributed by atoms with Crippen LogP contribution in [0, 0.1) is 15.9 Å². The van der Waals surface area contributed by atoms with E-state index in [1.54, 1.807) is 6.92 Å². The first kappa shape index (κ1) is 15.4. The molecule has 0 spiro atoms. The van der Waals surface area contributed by atoms with Gasteiger partial charge in [-0.25, -0.2) is 4.39 Å². The quantitative estimate of drug-likeness (QED) is 0.617. The third-order valence-electron chi connectivity index (χ3n) is 3.50. The fraction of sp³-hybridized carbons (Fsp3) is 0.500. The molecular weight excluding hydrogens is 279 g/mol. The molecule has 1 heterocycles. The Kier molecular flexibility index (Phi) is 4.85.